The lowest BCUT2D eigenvalue weighted by molar-refractivity contribution is -0.114. The van der Waals surface area contributed by atoms with E-state index in [-0.39, 0.29) is 18.4 Å². The summed E-state index contributed by atoms with van der Waals surface area (Å²) in [6.45, 7) is 3.03. The smallest absolute Gasteiger partial charge is 0.319 e. The monoisotopic (exact) mass is 285 g/mol. The Balaban J connectivity index is 2.49. The third-order valence-electron chi connectivity index (χ3n) is 3.17. The van der Waals surface area contributed by atoms with Gasteiger partial charge in [-0.25, -0.2) is 4.79 Å². The maximum absolute atomic E-state index is 11.9. The number of ether oxygens (including phenoxy) is 1. The number of amides is 2. The molecule has 2 rings (SSSR count). The van der Waals surface area contributed by atoms with E-state index < -0.39 is 6.04 Å². The molecule has 6 heteroatoms. The molecule has 0 fully saturated rings. The second-order valence-electron chi connectivity index (χ2n) is 4.61. The molecule has 0 bridgehead atoms. The lowest BCUT2D eigenvalue weighted by Crippen LogP contribution is -2.44. The number of carbonyl (C=O) groups is 2. The SMILES string of the molecule is CC(=O)C1=C(C)NC(=O)NC1c1ccccc1OCC#N. The number of hydrogen-bond donors (Lipinski definition) is 2. The molecular formula is C15H15N3O3. The van der Waals surface area contributed by atoms with Gasteiger partial charge in [-0.05, 0) is 19.9 Å². The maximum Gasteiger partial charge on any atom is 0.319 e. The topological polar surface area (TPSA) is 91.2 Å². The van der Waals surface area contributed by atoms with Gasteiger partial charge in [0.15, 0.2) is 12.4 Å². The van der Waals surface area contributed by atoms with Crippen LogP contribution in [0, 0.1) is 11.3 Å². The summed E-state index contributed by atoms with van der Waals surface area (Å²) in [7, 11) is 0. The quantitative estimate of drug-likeness (QED) is 0.882. The van der Waals surface area contributed by atoms with E-state index in [1.807, 2.05) is 6.07 Å². The molecule has 6 nitrogen and oxygen atoms in total. The predicted molar refractivity (Wildman–Crippen MR) is 75.3 cm³/mol. The number of urea groups is 1. The first-order valence-electron chi connectivity index (χ1n) is 6.42. The number of ketones is 1. The fraction of sp³-hybridized carbons (Fsp3) is 0.267. The van der Waals surface area contributed by atoms with Gasteiger partial charge in [-0.3, -0.25) is 4.79 Å². The average molecular weight is 285 g/mol. The molecule has 1 aliphatic rings. The number of allylic oxidation sites excluding steroid dienone is 1. The van der Waals surface area contributed by atoms with Crippen molar-refractivity contribution in [1.82, 2.24) is 10.6 Å². The Hall–Kier alpha value is -2.81. The molecule has 2 N–H and O–H groups in total. The summed E-state index contributed by atoms with van der Waals surface area (Å²) < 4.78 is 5.37. The van der Waals surface area contributed by atoms with Gasteiger partial charge in [-0.2, -0.15) is 5.26 Å². The molecule has 0 radical (unpaired) electrons. The van der Waals surface area contributed by atoms with E-state index in [2.05, 4.69) is 10.6 Å². The molecule has 2 amide bonds. The minimum absolute atomic E-state index is 0.103. The number of para-hydroxylation sites is 1. The number of nitrogens with one attached hydrogen (secondary N) is 2. The van der Waals surface area contributed by atoms with Crippen molar-refractivity contribution in [2.24, 2.45) is 0 Å². The summed E-state index contributed by atoms with van der Waals surface area (Å²) in [5, 5.41) is 13.9. The van der Waals surface area contributed by atoms with Crippen molar-refractivity contribution in [3.63, 3.8) is 0 Å². The van der Waals surface area contributed by atoms with E-state index >= 15 is 0 Å². The Labute approximate surface area is 122 Å². The molecule has 0 saturated carbocycles. The molecule has 1 heterocycles. The van der Waals surface area contributed by atoms with Crippen LogP contribution in [0.25, 0.3) is 0 Å². The van der Waals surface area contributed by atoms with E-state index in [0.717, 1.165) is 0 Å². The standard InChI is InChI=1S/C15H15N3O3/c1-9-13(10(2)19)14(18-15(20)17-9)11-5-3-4-6-12(11)21-8-7-16/h3-6,14H,8H2,1-2H3,(H2,17,18,20). The van der Waals surface area contributed by atoms with Crippen LogP contribution in [0.3, 0.4) is 0 Å². The number of Topliss-reactive ketones (excluding diaryl/α,β-unsaturated/α-hetero) is 1. The molecular weight excluding hydrogens is 270 g/mol. The van der Waals surface area contributed by atoms with Gasteiger partial charge in [0.2, 0.25) is 0 Å². The summed E-state index contributed by atoms with van der Waals surface area (Å²) in [5.41, 5.74) is 1.64. The largest absolute Gasteiger partial charge is 0.478 e. The first-order valence-corrected chi connectivity index (χ1v) is 6.42. The number of hydrogen-bond acceptors (Lipinski definition) is 4. The number of nitriles is 1. The number of carbonyl (C=O) groups excluding carboxylic acids is 2. The van der Waals surface area contributed by atoms with Crippen LogP contribution in [-0.4, -0.2) is 18.4 Å². The van der Waals surface area contributed by atoms with Crippen LogP contribution < -0.4 is 15.4 Å². The summed E-state index contributed by atoms with van der Waals surface area (Å²) in [4.78, 5) is 23.6. The second-order valence-corrected chi connectivity index (χ2v) is 4.61. The molecule has 21 heavy (non-hydrogen) atoms. The summed E-state index contributed by atoms with van der Waals surface area (Å²) >= 11 is 0. The molecule has 0 aliphatic carbocycles. The third kappa shape index (κ3) is 3.03. The van der Waals surface area contributed by atoms with E-state index in [1.54, 1.807) is 31.2 Å². The van der Waals surface area contributed by atoms with Crippen LogP contribution in [0.1, 0.15) is 25.5 Å². The van der Waals surface area contributed by atoms with Crippen LogP contribution in [0.15, 0.2) is 35.5 Å². The van der Waals surface area contributed by atoms with Crippen molar-refractivity contribution in [3.8, 4) is 11.8 Å². The van der Waals surface area contributed by atoms with Crippen molar-refractivity contribution >= 4 is 11.8 Å². The highest BCUT2D eigenvalue weighted by Gasteiger charge is 2.30. The van der Waals surface area contributed by atoms with Crippen molar-refractivity contribution in [2.75, 3.05) is 6.61 Å². The Morgan fingerprint density at radius 1 is 1.43 bits per heavy atom. The number of nitrogens with zero attached hydrogens (tertiary/aromatic N) is 1. The Bertz CT molecular complexity index is 658. The third-order valence-corrected chi connectivity index (χ3v) is 3.17. The lowest BCUT2D eigenvalue weighted by atomic mass is 9.92. The zero-order chi connectivity index (χ0) is 15.4. The molecule has 0 saturated heterocycles. The summed E-state index contributed by atoms with van der Waals surface area (Å²) in [5.74, 6) is 0.331. The van der Waals surface area contributed by atoms with Crippen LogP contribution >= 0.6 is 0 Å². The minimum atomic E-state index is -0.592. The van der Waals surface area contributed by atoms with Gasteiger partial charge in [-0.15, -0.1) is 0 Å². The molecule has 1 aromatic carbocycles. The minimum Gasteiger partial charge on any atom is -0.478 e. The Morgan fingerprint density at radius 2 is 2.14 bits per heavy atom. The second kappa shape index (κ2) is 6.09. The van der Waals surface area contributed by atoms with Crippen LogP contribution in [0.5, 0.6) is 5.75 Å². The van der Waals surface area contributed by atoms with Crippen molar-refractivity contribution in [1.29, 1.82) is 5.26 Å². The van der Waals surface area contributed by atoms with Gasteiger partial charge >= 0.3 is 6.03 Å². The first-order chi connectivity index (χ1) is 10.0. The molecule has 0 spiro atoms. The van der Waals surface area contributed by atoms with Crippen molar-refractivity contribution < 1.29 is 14.3 Å². The Kier molecular flexibility index (Phi) is 4.24. The predicted octanol–water partition coefficient (Wildman–Crippen LogP) is 1.81. The maximum atomic E-state index is 11.9. The Morgan fingerprint density at radius 3 is 2.81 bits per heavy atom. The highest BCUT2D eigenvalue weighted by molar-refractivity contribution is 5.98. The van der Waals surface area contributed by atoms with Gasteiger partial charge in [0, 0.05) is 16.8 Å². The van der Waals surface area contributed by atoms with E-state index in [4.69, 9.17) is 10.00 Å². The normalized spacial score (nSPS) is 17.6. The number of rotatable bonds is 4. The zero-order valence-corrected chi connectivity index (χ0v) is 11.8. The fourth-order valence-electron chi connectivity index (χ4n) is 2.35. The van der Waals surface area contributed by atoms with Crippen LogP contribution in [0.4, 0.5) is 4.79 Å². The van der Waals surface area contributed by atoms with Gasteiger partial charge in [0.05, 0.1) is 6.04 Å². The van der Waals surface area contributed by atoms with E-state index in [1.165, 1.54) is 6.92 Å². The van der Waals surface area contributed by atoms with Gasteiger partial charge in [0.25, 0.3) is 0 Å². The average Bonchev–Trinajstić information content (AvgIpc) is 2.44. The molecule has 1 unspecified atom stereocenters. The zero-order valence-electron chi connectivity index (χ0n) is 11.8. The van der Waals surface area contributed by atoms with Crippen LogP contribution in [-0.2, 0) is 4.79 Å². The molecule has 0 aromatic heterocycles. The molecule has 1 aromatic rings. The van der Waals surface area contributed by atoms with Crippen molar-refractivity contribution in [3.05, 3.63) is 41.1 Å². The van der Waals surface area contributed by atoms with Gasteiger partial charge in [-0.1, -0.05) is 18.2 Å². The van der Waals surface area contributed by atoms with E-state index in [0.29, 0.717) is 22.6 Å². The van der Waals surface area contributed by atoms with Crippen molar-refractivity contribution in [2.45, 2.75) is 19.9 Å². The molecule has 1 atom stereocenters. The summed E-state index contributed by atoms with van der Waals surface area (Å²) in [6.07, 6.45) is 0. The van der Waals surface area contributed by atoms with E-state index in [9.17, 15) is 9.59 Å². The van der Waals surface area contributed by atoms with Gasteiger partial charge < -0.3 is 15.4 Å². The highest BCUT2D eigenvalue weighted by Crippen LogP contribution is 2.33. The lowest BCUT2D eigenvalue weighted by Gasteiger charge is -2.29. The summed E-state index contributed by atoms with van der Waals surface area (Å²) in [6, 6.07) is 7.95. The highest BCUT2D eigenvalue weighted by atomic mass is 16.5. The fourth-order valence-corrected chi connectivity index (χ4v) is 2.35. The first kappa shape index (κ1) is 14.6. The van der Waals surface area contributed by atoms with Gasteiger partial charge in [0.1, 0.15) is 11.8 Å². The van der Waals surface area contributed by atoms with Crippen LogP contribution in [0.2, 0.25) is 0 Å². The molecule has 108 valence electrons. The molecule has 1 aliphatic heterocycles. The number of benzene rings is 1.